The van der Waals surface area contributed by atoms with Crippen LogP contribution in [0.25, 0.3) is 0 Å². The van der Waals surface area contributed by atoms with Crippen LogP contribution in [0.3, 0.4) is 0 Å². The Balaban J connectivity index is 2.82. The molecular formula is C9H21NO2. The van der Waals surface area contributed by atoms with Crippen molar-refractivity contribution < 1.29 is 9.47 Å². The van der Waals surface area contributed by atoms with Crippen molar-refractivity contribution in [3.63, 3.8) is 0 Å². The van der Waals surface area contributed by atoms with Crippen LogP contribution in [0.15, 0.2) is 0 Å². The summed E-state index contributed by atoms with van der Waals surface area (Å²) < 4.78 is 10.4. The molecule has 0 heterocycles. The Morgan fingerprint density at radius 2 is 1.83 bits per heavy atom. The predicted molar refractivity (Wildman–Crippen MR) is 50.2 cm³/mol. The van der Waals surface area contributed by atoms with E-state index in [2.05, 4.69) is 0 Å². The molecular weight excluding hydrogens is 154 g/mol. The second-order valence-electron chi connectivity index (χ2n) is 2.93. The zero-order valence-corrected chi connectivity index (χ0v) is 8.21. The first-order valence-electron chi connectivity index (χ1n) is 4.68. The molecule has 0 rings (SSSR count). The molecule has 0 bridgehead atoms. The molecule has 0 aliphatic rings. The number of ether oxygens (including phenoxy) is 2. The van der Waals surface area contributed by atoms with Gasteiger partial charge in [0.05, 0.1) is 13.2 Å². The van der Waals surface area contributed by atoms with E-state index in [4.69, 9.17) is 15.2 Å². The van der Waals surface area contributed by atoms with Crippen molar-refractivity contribution in [2.24, 2.45) is 5.73 Å². The highest BCUT2D eigenvalue weighted by Gasteiger charge is 1.93. The third kappa shape index (κ3) is 9.88. The molecule has 3 heteroatoms. The first-order valence-corrected chi connectivity index (χ1v) is 4.68. The summed E-state index contributed by atoms with van der Waals surface area (Å²) in [6, 6.07) is 0.292. The molecule has 0 aliphatic heterocycles. The molecule has 2 N–H and O–H groups in total. The molecule has 12 heavy (non-hydrogen) atoms. The fraction of sp³-hybridized carbons (Fsp3) is 1.00. The minimum absolute atomic E-state index is 0.292. The van der Waals surface area contributed by atoms with Crippen molar-refractivity contribution in [2.45, 2.75) is 32.7 Å². The summed E-state index contributed by atoms with van der Waals surface area (Å²) in [7, 11) is 0. The Bertz CT molecular complexity index is 86.6. The Kier molecular flexibility index (Phi) is 8.88. The largest absolute Gasteiger partial charge is 0.379 e. The summed E-state index contributed by atoms with van der Waals surface area (Å²) in [6.45, 7) is 6.97. The lowest BCUT2D eigenvalue weighted by Crippen LogP contribution is -2.15. The van der Waals surface area contributed by atoms with E-state index in [0.29, 0.717) is 19.3 Å². The summed E-state index contributed by atoms with van der Waals surface area (Å²) in [5.74, 6) is 0. The first kappa shape index (κ1) is 11.9. The van der Waals surface area contributed by atoms with Gasteiger partial charge >= 0.3 is 0 Å². The van der Waals surface area contributed by atoms with Gasteiger partial charge in [-0.2, -0.15) is 0 Å². The molecule has 0 aromatic carbocycles. The quantitative estimate of drug-likeness (QED) is 0.563. The van der Waals surface area contributed by atoms with Crippen LogP contribution in [-0.2, 0) is 9.47 Å². The van der Waals surface area contributed by atoms with Crippen LogP contribution in [0.2, 0.25) is 0 Å². The van der Waals surface area contributed by atoms with Gasteiger partial charge in [0.2, 0.25) is 0 Å². The van der Waals surface area contributed by atoms with Gasteiger partial charge in [0.25, 0.3) is 0 Å². The molecule has 0 saturated heterocycles. The van der Waals surface area contributed by atoms with Crippen LogP contribution in [0.4, 0.5) is 0 Å². The van der Waals surface area contributed by atoms with Crippen molar-refractivity contribution in [2.75, 3.05) is 26.4 Å². The lowest BCUT2D eigenvalue weighted by molar-refractivity contribution is 0.0511. The smallest absolute Gasteiger partial charge is 0.0700 e. The van der Waals surface area contributed by atoms with Gasteiger partial charge < -0.3 is 15.2 Å². The first-order chi connectivity index (χ1) is 5.77. The SMILES string of the molecule is CCOCCOCCCC(C)N. The van der Waals surface area contributed by atoms with Gasteiger partial charge in [-0.3, -0.25) is 0 Å². The average molecular weight is 175 g/mol. The molecule has 74 valence electrons. The van der Waals surface area contributed by atoms with Crippen LogP contribution in [0.1, 0.15) is 26.7 Å². The van der Waals surface area contributed by atoms with E-state index in [0.717, 1.165) is 26.1 Å². The standard InChI is InChI=1S/C9H21NO2/c1-3-11-7-8-12-6-4-5-9(2)10/h9H,3-8,10H2,1-2H3. The molecule has 0 aliphatic carbocycles. The summed E-state index contributed by atoms with van der Waals surface area (Å²) in [5.41, 5.74) is 5.57. The van der Waals surface area contributed by atoms with E-state index in [1.807, 2.05) is 13.8 Å². The van der Waals surface area contributed by atoms with Crippen LogP contribution in [0.5, 0.6) is 0 Å². The molecule has 0 aromatic heterocycles. The Labute approximate surface area is 75.2 Å². The molecule has 0 fully saturated rings. The predicted octanol–water partition coefficient (Wildman–Crippen LogP) is 1.17. The highest BCUT2D eigenvalue weighted by Crippen LogP contribution is 1.93. The molecule has 1 atom stereocenters. The average Bonchev–Trinajstić information content (AvgIpc) is 2.02. The highest BCUT2D eigenvalue weighted by atomic mass is 16.5. The summed E-state index contributed by atoms with van der Waals surface area (Å²) >= 11 is 0. The molecule has 0 saturated carbocycles. The van der Waals surface area contributed by atoms with E-state index in [1.165, 1.54) is 0 Å². The van der Waals surface area contributed by atoms with E-state index < -0.39 is 0 Å². The van der Waals surface area contributed by atoms with E-state index in [1.54, 1.807) is 0 Å². The van der Waals surface area contributed by atoms with Gasteiger partial charge in [0.15, 0.2) is 0 Å². The summed E-state index contributed by atoms with van der Waals surface area (Å²) in [4.78, 5) is 0. The van der Waals surface area contributed by atoms with Gasteiger partial charge in [0.1, 0.15) is 0 Å². The van der Waals surface area contributed by atoms with Crippen LogP contribution < -0.4 is 5.73 Å². The molecule has 0 radical (unpaired) electrons. The van der Waals surface area contributed by atoms with Crippen molar-refractivity contribution >= 4 is 0 Å². The van der Waals surface area contributed by atoms with E-state index in [-0.39, 0.29) is 0 Å². The van der Waals surface area contributed by atoms with Crippen molar-refractivity contribution in [1.29, 1.82) is 0 Å². The topological polar surface area (TPSA) is 44.5 Å². The maximum Gasteiger partial charge on any atom is 0.0700 e. The fourth-order valence-corrected chi connectivity index (χ4v) is 0.872. The van der Waals surface area contributed by atoms with Crippen molar-refractivity contribution in [3.8, 4) is 0 Å². The van der Waals surface area contributed by atoms with Crippen molar-refractivity contribution in [3.05, 3.63) is 0 Å². The van der Waals surface area contributed by atoms with Crippen LogP contribution in [-0.4, -0.2) is 32.5 Å². The second kappa shape index (κ2) is 8.97. The van der Waals surface area contributed by atoms with Crippen molar-refractivity contribution in [1.82, 2.24) is 0 Å². The molecule has 0 aromatic rings. The monoisotopic (exact) mass is 175 g/mol. The van der Waals surface area contributed by atoms with Crippen LogP contribution >= 0.6 is 0 Å². The third-order valence-corrected chi connectivity index (χ3v) is 1.52. The molecule has 0 spiro atoms. The Morgan fingerprint density at radius 3 is 2.42 bits per heavy atom. The van der Waals surface area contributed by atoms with Gasteiger partial charge in [-0.05, 0) is 26.7 Å². The van der Waals surface area contributed by atoms with Gasteiger partial charge in [0, 0.05) is 19.3 Å². The Morgan fingerprint density at radius 1 is 1.17 bits per heavy atom. The lowest BCUT2D eigenvalue weighted by Gasteiger charge is -2.05. The maximum absolute atomic E-state index is 5.57. The fourth-order valence-electron chi connectivity index (χ4n) is 0.872. The van der Waals surface area contributed by atoms with Gasteiger partial charge in [-0.15, -0.1) is 0 Å². The van der Waals surface area contributed by atoms with Gasteiger partial charge in [-0.25, -0.2) is 0 Å². The second-order valence-corrected chi connectivity index (χ2v) is 2.93. The molecule has 0 amide bonds. The summed E-state index contributed by atoms with van der Waals surface area (Å²) in [6.07, 6.45) is 2.08. The number of hydrogen-bond acceptors (Lipinski definition) is 3. The minimum atomic E-state index is 0.292. The van der Waals surface area contributed by atoms with E-state index in [9.17, 15) is 0 Å². The zero-order valence-electron chi connectivity index (χ0n) is 8.21. The summed E-state index contributed by atoms with van der Waals surface area (Å²) in [5, 5.41) is 0. The number of rotatable bonds is 8. The normalized spacial score (nSPS) is 13.2. The molecule has 1 unspecified atom stereocenters. The number of hydrogen-bond donors (Lipinski definition) is 1. The van der Waals surface area contributed by atoms with Crippen LogP contribution in [0, 0.1) is 0 Å². The Hall–Kier alpha value is -0.120. The van der Waals surface area contributed by atoms with E-state index >= 15 is 0 Å². The molecule has 3 nitrogen and oxygen atoms in total. The number of nitrogens with two attached hydrogens (primary N) is 1. The van der Waals surface area contributed by atoms with Gasteiger partial charge in [-0.1, -0.05) is 0 Å². The minimum Gasteiger partial charge on any atom is -0.379 e. The maximum atomic E-state index is 5.57. The third-order valence-electron chi connectivity index (χ3n) is 1.52. The zero-order chi connectivity index (χ0) is 9.23. The highest BCUT2D eigenvalue weighted by molar-refractivity contribution is 4.51. The lowest BCUT2D eigenvalue weighted by atomic mass is 10.2.